The molecule has 0 bridgehead atoms. The van der Waals surface area contributed by atoms with E-state index < -0.39 is 0 Å². The Kier molecular flexibility index (Phi) is 5.83. The highest BCUT2D eigenvalue weighted by atomic mass is 16.6. The van der Waals surface area contributed by atoms with Gasteiger partial charge in [-0.25, -0.2) is 4.79 Å². The molecule has 1 saturated heterocycles. The summed E-state index contributed by atoms with van der Waals surface area (Å²) in [5.41, 5.74) is 3.31. The number of hydrogen-bond donors (Lipinski definition) is 0. The summed E-state index contributed by atoms with van der Waals surface area (Å²) in [5.74, 6) is 0.435. The molecule has 2 aromatic carbocycles. The summed E-state index contributed by atoms with van der Waals surface area (Å²) in [6.45, 7) is 1.72. The Morgan fingerprint density at radius 1 is 1.04 bits per heavy atom. The van der Waals surface area contributed by atoms with E-state index in [0.29, 0.717) is 32.0 Å². The Hall–Kier alpha value is -2.62. The van der Waals surface area contributed by atoms with Gasteiger partial charge in [0.05, 0.1) is 0 Å². The highest BCUT2D eigenvalue weighted by molar-refractivity contribution is 5.67. The Morgan fingerprint density at radius 3 is 2.48 bits per heavy atom. The standard InChI is InChI=1S/C21H23NO3/c23-14-11-17-7-4-8-20(15-17)19-9-12-22(13-10-19)21(24)25-16-18-5-2-1-3-6-18/h1-8,14-15,19H,9-13,16H2. The van der Waals surface area contributed by atoms with Crippen LogP contribution in [-0.2, 0) is 22.6 Å². The fraction of sp³-hybridized carbons (Fsp3) is 0.333. The van der Waals surface area contributed by atoms with Crippen LogP contribution in [0.4, 0.5) is 4.79 Å². The van der Waals surface area contributed by atoms with Gasteiger partial charge in [0.2, 0.25) is 0 Å². The number of carbonyl (C=O) groups excluding carboxylic acids is 2. The highest BCUT2D eigenvalue weighted by Gasteiger charge is 2.24. The molecule has 1 aliphatic heterocycles. The molecule has 1 amide bonds. The monoisotopic (exact) mass is 337 g/mol. The van der Waals surface area contributed by atoms with E-state index in [9.17, 15) is 9.59 Å². The first-order chi connectivity index (χ1) is 12.3. The summed E-state index contributed by atoms with van der Waals surface area (Å²) >= 11 is 0. The smallest absolute Gasteiger partial charge is 0.410 e. The topological polar surface area (TPSA) is 46.6 Å². The van der Waals surface area contributed by atoms with Crippen molar-refractivity contribution < 1.29 is 14.3 Å². The van der Waals surface area contributed by atoms with Gasteiger partial charge in [-0.1, -0.05) is 54.6 Å². The van der Waals surface area contributed by atoms with Gasteiger partial charge < -0.3 is 14.4 Å². The van der Waals surface area contributed by atoms with Crippen LogP contribution in [0.25, 0.3) is 0 Å². The third-order valence-electron chi connectivity index (χ3n) is 4.70. The third-order valence-corrected chi connectivity index (χ3v) is 4.70. The predicted molar refractivity (Wildman–Crippen MR) is 96.4 cm³/mol. The summed E-state index contributed by atoms with van der Waals surface area (Å²) in [6.07, 6.45) is 3.00. The van der Waals surface area contributed by atoms with Gasteiger partial charge >= 0.3 is 6.09 Å². The summed E-state index contributed by atoms with van der Waals surface area (Å²) < 4.78 is 5.41. The van der Waals surface area contributed by atoms with Crippen molar-refractivity contribution in [3.8, 4) is 0 Å². The minimum absolute atomic E-state index is 0.239. The average Bonchev–Trinajstić information content (AvgIpc) is 2.67. The minimum Gasteiger partial charge on any atom is -0.445 e. The number of ether oxygens (including phenoxy) is 1. The van der Waals surface area contributed by atoms with Crippen molar-refractivity contribution in [3.05, 3.63) is 71.3 Å². The molecule has 0 atom stereocenters. The first kappa shape index (κ1) is 17.2. The first-order valence-electron chi connectivity index (χ1n) is 8.74. The van der Waals surface area contributed by atoms with Gasteiger partial charge in [0.25, 0.3) is 0 Å². The van der Waals surface area contributed by atoms with Gasteiger partial charge in [0.15, 0.2) is 0 Å². The fourth-order valence-corrected chi connectivity index (χ4v) is 3.28. The fourth-order valence-electron chi connectivity index (χ4n) is 3.28. The van der Waals surface area contributed by atoms with Crippen LogP contribution in [0.2, 0.25) is 0 Å². The highest BCUT2D eigenvalue weighted by Crippen LogP contribution is 2.29. The number of carbonyl (C=O) groups is 2. The summed E-state index contributed by atoms with van der Waals surface area (Å²) in [5, 5.41) is 0. The number of aldehydes is 1. The van der Waals surface area contributed by atoms with Crippen molar-refractivity contribution in [2.24, 2.45) is 0 Å². The van der Waals surface area contributed by atoms with E-state index in [-0.39, 0.29) is 6.09 Å². The molecule has 0 unspecified atom stereocenters. The molecule has 0 spiro atoms. The van der Waals surface area contributed by atoms with E-state index in [0.717, 1.165) is 30.3 Å². The van der Waals surface area contributed by atoms with Gasteiger partial charge in [-0.2, -0.15) is 0 Å². The second-order valence-corrected chi connectivity index (χ2v) is 6.42. The molecule has 1 aliphatic rings. The Morgan fingerprint density at radius 2 is 1.76 bits per heavy atom. The van der Waals surface area contributed by atoms with Crippen LogP contribution in [0.3, 0.4) is 0 Å². The largest absolute Gasteiger partial charge is 0.445 e. The van der Waals surface area contributed by atoms with E-state index in [4.69, 9.17) is 4.74 Å². The molecular weight excluding hydrogens is 314 g/mol. The molecule has 0 saturated carbocycles. The molecule has 130 valence electrons. The van der Waals surface area contributed by atoms with E-state index in [1.54, 1.807) is 4.90 Å². The average molecular weight is 337 g/mol. The van der Waals surface area contributed by atoms with E-state index in [2.05, 4.69) is 12.1 Å². The maximum atomic E-state index is 12.2. The number of benzene rings is 2. The summed E-state index contributed by atoms with van der Waals surface area (Å²) in [4.78, 5) is 24.7. The molecule has 4 heteroatoms. The Balaban J connectivity index is 1.50. The third kappa shape index (κ3) is 4.69. The number of amides is 1. The minimum atomic E-state index is -0.239. The van der Waals surface area contributed by atoms with Crippen LogP contribution in [0.1, 0.15) is 35.4 Å². The number of rotatable bonds is 5. The number of nitrogens with zero attached hydrogens (tertiary/aromatic N) is 1. The van der Waals surface area contributed by atoms with Gasteiger partial charge in [-0.15, -0.1) is 0 Å². The quantitative estimate of drug-likeness (QED) is 0.776. The van der Waals surface area contributed by atoms with Crippen molar-refractivity contribution in [1.82, 2.24) is 4.90 Å². The van der Waals surface area contributed by atoms with Gasteiger partial charge in [0.1, 0.15) is 12.9 Å². The van der Waals surface area contributed by atoms with Crippen LogP contribution < -0.4 is 0 Å². The SMILES string of the molecule is O=CCc1cccc(C2CCN(C(=O)OCc3ccccc3)CC2)c1. The Labute approximate surface area is 148 Å². The number of hydrogen-bond acceptors (Lipinski definition) is 3. The molecule has 4 nitrogen and oxygen atoms in total. The second-order valence-electron chi connectivity index (χ2n) is 6.42. The molecule has 1 fully saturated rings. The maximum absolute atomic E-state index is 12.2. The summed E-state index contributed by atoms with van der Waals surface area (Å²) in [6, 6.07) is 17.9. The Bertz CT molecular complexity index is 706. The molecule has 2 aromatic rings. The lowest BCUT2D eigenvalue weighted by molar-refractivity contribution is -0.107. The van der Waals surface area contributed by atoms with Crippen molar-refractivity contribution in [2.45, 2.75) is 31.8 Å². The lowest BCUT2D eigenvalue weighted by atomic mass is 9.88. The molecule has 3 rings (SSSR count). The van der Waals surface area contributed by atoms with Crippen LogP contribution in [0.5, 0.6) is 0 Å². The summed E-state index contributed by atoms with van der Waals surface area (Å²) in [7, 11) is 0. The first-order valence-corrected chi connectivity index (χ1v) is 8.74. The van der Waals surface area contributed by atoms with E-state index in [1.165, 1.54) is 5.56 Å². The van der Waals surface area contributed by atoms with Crippen LogP contribution in [0.15, 0.2) is 54.6 Å². The van der Waals surface area contributed by atoms with Crippen molar-refractivity contribution in [1.29, 1.82) is 0 Å². The van der Waals surface area contributed by atoms with E-state index >= 15 is 0 Å². The molecule has 0 aliphatic carbocycles. The van der Waals surface area contributed by atoms with Crippen LogP contribution in [-0.4, -0.2) is 30.4 Å². The molecule has 1 heterocycles. The van der Waals surface area contributed by atoms with Crippen LogP contribution >= 0.6 is 0 Å². The molecule has 0 aromatic heterocycles. The van der Waals surface area contributed by atoms with Crippen molar-refractivity contribution >= 4 is 12.4 Å². The molecule has 25 heavy (non-hydrogen) atoms. The molecule has 0 N–H and O–H groups in total. The van der Waals surface area contributed by atoms with E-state index in [1.807, 2.05) is 42.5 Å². The van der Waals surface area contributed by atoms with Gasteiger partial charge in [-0.05, 0) is 35.4 Å². The number of piperidine rings is 1. The van der Waals surface area contributed by atoms with Crippen molar-refractivity contribution in [3.63, 3.8) is 0 Å². The number of likely N-dealkylation sites (tertiary alicyclic amines) is 1. The normalized spacial score (nSPS) is 15.0. The molecular formula is C21H23NO3. The predicted octanol–water partition coefficient (Wildman–Crippen LogP) is 3.94. The lowest BCUT2D eigenvalue weighted by Crippen LogP contribution is -2.38. The zero-order valence-corrected chi connectivity index (χ0v) is 14.3. The van der Waals surface area contributed by atoms with Gasteiger partial charge in [0, 0.05) is 19.5 Å². The molecule has 0 radical (unpaired) electrons. The lowest BCUT2D eigenvalue weighted by Gasteiger charge is -2.31. The van der Waals surface area contributed by atoms with Crippen molar-refractivity contribution in [2.75, 3.05) is 13.1 Å². The zero-order valence-electron chi connectivity index (χ0n) is 14.3. The maximum Gasteiger partial charge on any atom is 0.410 e. The zero-order chi connectivity index (χ0) is 17.5. The van der Waals surface area contributed by atoms with Crippen LogP contribution in [0, 0.1) is 0 Å². The van der Waals surface area contributed by atoms with Gasteiger partial charge in [-0.3, -0.25) is 0 Å². The second kappa shape index (κ2) is 8.47.